The second-order valence-corrected chi connectivity index (χ2v) is 9.12. The summed E-state index contributed by atoms with van der Waals surface area (Å²) in [4.78, 5) is 17.6. The number of rotatable bonds is 6. The van der Waals surface area contributed by atoms with Crippen LogP contribution in [-0.2, 0) is 13.1 Å². The van der Waals surface area contributed by atoms with Crippen molar-refractivity contribution in [2.75, 3.05) is 0 Å². The van der Waals surface area contributed by atoms with E-state index in [0.717, 1.165) is 20.6 Å². The van der Waals surface area contributed by atoms with Crippen molar-refractivity contribution in [2.45, 2.75) is 25.4 Å². The van der Waals surface area contributed by atoms with Gasteiger partial charge in [0.2, 0.25) is 0 Å². The van der Waals surface area contributed by atoms with Crippen LogP contribution in [0, 0.1) is 5.82 Å². The maximum Gasteiger partial charge on any atom is 0.416 e. The zero-order chi connectivity index (χ0) is 24.6. The normalized spacial score (nSPS) is 12.8. The lowest BCUT2D eigenvalue weighted by Crippen LogP contribution is -2.37. The van der Waals surface area contributed by atoms with Crippen molar-refractivity contribution >= 4 is 34.5 Å². The molecule has 2 heterocycles. The van der Waals surface area contributed by atoms with E-state index in [-0.39, 0.29) is 23.0 Å². The lowest BCUT2D eigenvalue weighted by molar-refractivity contribution is -0.207. The Labute approximate surface area is 203 Å². The minimum Gasteiger partial charge on any atom is -0.382 e. The van der Waals surface area contributed by atoms with Gasteiger partial charge in [-0.2, -0.15) is 13.2 Å². The van der Waals surface area contributed by atoms with Gasteiger partial charge in [-0.3, -0.25) is 4.57 Å². The third kappa shape index (κ3) is 5.02. The number of nitrogens with zero attached hydrogens (tertiary/aromatic N) is 4. The second kappa shape index (κ2) is 9.49. The fourth-order valence-corrected chi connectivity index (χ4v) is 4.35. The number of hydrogen-bond donors (Lipinski definition) is 1. The highest BCUT2D eigenvalue weighted by atomic mass is 35.5. The zero-order valence-electron chi connectivity index (χ0n) is 16.9. The topological polar surface area (TPSA) is 72.9 Å². The molecule has 0 aliphatic heterocycles. The average Bonchev–Trinajstić information content (AvgIpc) is 3.36. The average molecular weight is 533 g/mol. The summed E-state index contributed by atoms with van der Waals surface area (Å²) >= 11 is 12.8. The molecule has 2 aromatic heterocycles. The molecule has 1 N–H and O–H groups in total. The molecule has 6 nitrogen and oxygen atoms in total. The van der Waals surface area contributed by atoms with Crippen LogP contribution in [-0.4, -0.2) is 36.7 Å². The quantitative estimate of drug-likeness (QED) is 0.344. The predicted molar refractivity (Wildman–Crippen MR) is 121 cm³/mol. The van der Waals surface area contributed by atoms with Gasteiger partial charge in [0.05, 0.1) is 23.0 Å². The number of hydrogen-bond acceptors (Lipinski definition) is 5. The van der Waals surface area contributed by atoms with Gasteiger partial charge in [0.1, 0.15) is 10.8 Å². The van der Waals surface area contributed by atoms with Crippen molar-refractivity contribution in [3.05, 3.63) is 80.0 Å². The largest absolute Gasteiger partial charge is 0.416 e. The molecule has 0 saturated heterocycles. The standard InChI is InChI=1S/C21H14Cl2F4N4O2S/c22-12-6-4-11(5-7-12)19-29-31(20(33)30(19)9-16(32)21(25,26)27)10-17-28-8-15(34-17)13-2-1-3-14(23)18(13)24/h1-8,16,32H,9-10H2. The molecule has 4 aromatic rings. The van der Waals surface area contributed by atoms with Gasteiger partial charge >= 0.3 is 11.9 Å². The summed E-state index contributed by atoms with van der Waals surface area (Å²) in [6.07, 6.45) is -6.29. The van der Waals surface area contributed by atoms with E-state index in [1.54, 1.807) is 6.07 Å². The Morgan fingerprint density at radius 3 is 2.50 bits per heavy atom. The summed E-state index contributed by atoms with van der Waals surface area (Å²) in [7, 11) is 0. The molecule has 0 bridgehead atoms. The van der Waals surface area contributed by atoms with Gasteiger partial charge < -0.3 is 5.11 Å². The Morgan fingerprint density at radius 2 is 1.82 bits per heavy atom. The maximum absolute atomic E-state index is 14.3. The van der Waals surface area contributed by atoms with Crippen molar-refractivity contribution in [3.63, 3.8) is 0 Å². The Hall–Kier alpha value is -2.73. The molecule has 178 valence electrons. The highest BCUT2D eigenvalue weighted by molar-refractivity contribution is 7.15. The fraction of sp³-hybridized carbons (Fsp3) is 0.190. The molecular formula is C21H14Cl2F4N4O2S. The summed E-state index contributed by atoms with van der Waals surface area (Å²) < 4.78 is 54.9. The molecule has 4 rings (SSSR count). The van der Waals surface area contributed by atoms with Gasteiger partial charge in [0, 0.05) is 22.3 Å². The third-order valence-electron chi connectivity index (χ3n) is 4.81. The van der Waals surface area contributed by atoms with Crippen LogP contribution in [0.5, 0.6) is 0 Å². The summed E-state index contributed by atoms with van der Waals surface area (Å²) in [6, 6.07) is 10.5. The van der Waals surface area contributed by atoms with E-state index in [1.165, 1.54) is 42.6 Å². The van der Waals surface area contributed by atoms with Gasteiger partial charge in [-0.1, -0.05) is 35.3 Å². The van der Waals surface area contributed by atoms with E-state index >= 15 is 0 Å². The zero-order valence-corrected chi connectivity index (χ0v) is 19.3. The van der Waals surface area contributed by atoms with Crippen LogP contribution < -0.4 is 5.69 Å². The molecule has 1 atom stereocenters. The highest BCUT2D eigenvalue weighted by Crippen LogP contribution is 2.32. The molecule has 34 heavy (non-hydrogen) atoms. The maximum atomic E-state index is 14.3. The summed E-state index contributed by atoms with van der Waals surface area (Å²) in [5, 5.41) is 14.4. The molecule has 2 aromatic carbocycles. The molecule has 0 saturated carbocycles. The highest BCUT2D eigenvalue weighted by Gasteiger charge is 2.39. The molecule has 13 heteroatoms. The first-order valence-electron chi connectivity index (χ1n) is 9.62. The van der Waals surface area contributed by atoms with Gasteiger partial charge in [0.15, 0.2) is 11.9 Å². The van der Waals surface area contributed by atoms with Gasteiger partial charge in [-0.15, -0.1) is 16.4 Å². The number of alkyl halides is 3. The van der Waals surface area contributed by atoms with Crippen LogP contribution in [0.1, 0.15) is 5.01 Å². The minimum atomic E-state index is -4.93. The number of aromatic nitrogens is 4. The van der Waals surface area contributed by atoms with E-state index in [4.69, 9.17) is 23.2 Å². The van der Waals surface area contributed by atoms with Crippen molar-refractivity contribution in [1.29, 1.82) is 0 Å². The van der Waals surface area contributed by atoms with Crippen molar-refractivity contribution in [3.8, 4) is 21.8 Å². The summed E-state index contributed by atoms with van der Waals surface area (Å²) in [6.45, 7) is -1.22. The molecule has 1 unspecified atom stereocenters. The van der Waals surface area contributed by atoms with Gasteiger partial charge in [0.25, 0.3) is 0 Å². The van der Waals surface area contributed by atoms with Crippen molar-refractivity contribution < 1.29 is 22.7 Å². The molecule has 0 radical (unpaired) electrons. The molecule has 0 aliphatic carbocycles. The third-order valence-corrected chi connectivity index (χ3v) is 6.37. The van der Waals surface area contributed by atoms with Crippen LogP contribution >= 0.6 is 34.5 Å². The smallest absolute Gasteiger partial charge is 0.382 e. The number of halogens is 6. The van der Waals surface area contributed by atoms with Crippen molar-refractivity contribution in [2.24, 2.45) is 0 Å². The second-order valence-electron chi connectivity index (χ2n) is 7.16. The van der Waals surface area contributed by atoms with Crippen molar-refractivity contribution in [1.82, 2.24) is 19.3 Å². The van der Waals surface area contributed by atoms with E-state index in [2.05, 4.69) is 10.1 Å². The fourth-order valence-electron chi connectivity index (χ4n) is 3.13. The van der Waals surface area contributed by atoms with Crippen LogP contribution in [0.3, 0.4) is 0 Å². The first-order valence-corrected chi connectivity index (χ1v) is 11.2. The van der Waals surface area contributed by atoms with E-state index in [0.29, 0.717) is 20.5 Å². The number of benzene rings is 2. The van der Waals surface area contributed by atoms with Crippen LogP contribution in [0.4, 0.5) is 17.6 Å². The monoisotopic (exact) mass is 532 g/mol. The number of thiazole rings is 1. The van der Waals surface area contributed by atoms with Gasteiger partial charge in [-0.05, 0) is 30.3 Å². The summed E-state index contributed by atoms with van der Waals surface area (Å²) in [5.41, 5.74) is -0.321. The molecule has 0 spiro atoms. The first kappa shape index (κ1) is 24.4. The van der Waals surface area contributed by atoms with Crippen LogP contribution in [0.2, 0.25) is 10.0 Å². The Balaban J connectivity index is 1.71. The first-order chi connectivity index (χ1) is 16.0. The lowest BCUT2D eigenvalue weighted by atomic mass is 10.2. The Kier molecular flexibility index (Phi) is 6.81. The van der Waals surface area contributed by atoms with Gasteiger partial charge in [-0.25, -0.2) is 18.9 Å². The molecule has 0 amide bonds. The van der Waals surface area contributed by atoms with Crippen LogP contribution in [0.25, 0.3) is 21.8 Å². The van der Waals surface area contributed by atoms with E-state index in [1.807, 2.05) is 0 Å². The van der Waals surface area contributed by atoms with E-state index < -0.39 is 30.3 Å². The molecule has 0 fully saturated rings. The Bertz CT molecular complexity index is 1380. The Morgan fingerprint density at radius 1 is 1.12 bits per heavy atom. The number of aliphatic hydroxyl groups is 1. The lowest BCUT2D eigenvalue weighted by Gasteiger charge is -2.15. The van der Waals surface area contributed by atoms with Crippen LogP contribution in [0.15, 0.2) is 53.5 Å². The summed E-state index contributed by atoms with van der Waals surface area (Å²) in [5.74, 6) is -0.699. The molecular weight excluding hydrogens is 519 g/mol. The van der Waals surface area contributed by atoms with E-state index in [9.17, 15) is 27.5 Å². The molecule has 0 aliphatic rings. The predicted octanol–water partition coefficient (Wildman–Crippen LogP) is 5.25. The minimum absolute atomic E-state index is 0.0572. The number of aliphatic hydroxyl groups excluding tert-OH is 1. The SMILES string of the molecule is O=c1n(Cc2ncc(-c3cccc(Cl)c3F)s2)nc(-c2ccc(Cl)cc2)n1CC(O)C(F)(F)F.